The molecule has 1 amide bonds. The van der Waals surface area contributed by atoms with Crippen molar-refractivity contribution < 1.29 is 14.7 Å². The maximum Gasteiger partial charge on any atom is 0.326 e. The lowest BCUT2D eigenvalue weighted by Gasteiger charge is -2.11. The Labute approximate surface area is 112 Å². The van der Waals surface area contributed by atoms with E-state index in [2.05, 4.69) is 5.32 Å². The minimum absolute atomic E-state index is 0.0915. The number of amides is 1. The molecule has 1 fully saturated rings. The SMILES string of the molecule is Cc1cccc(/C=C/C(=O)NC(C(=O)O)C2CC2)c1. The second-order valence-corrected chi connectivity index (χ2v) is 4.91. The molecular formula is C15H17NO3. The lowest BCUT2D eigenvalue weighted by molar-refractivity contribution is -0.141. The van der Waals surface area contributed by atoms with Gasteiger partial charge in [0.25, 0.3) is 0 Å². The molecule has 2 N–H and O–H groups in total. The van der Waals surface area contributed by atoms with Crippen molar-refractivity contribution >= 4 is 18.0 Å². The Morgan fingerprint density at radius 2 is 2.16 bits per heavy atom. The molecule has 0 aromatic heterocycles. The Balaban J connectivity index is 1.95. The van der Waals surface area contributed by atoms with E-state index < -0.39 is 12.0 Å². The van der Waals surface area contributed by atoms with Crippen LogP contribution in [-0.2, 0) is 9.59 Å². The highest BCUT2D eigenvalue weighted by Crippen LogP contribution is 2.32. The fourth-order valence-electron chi connectivity index (χ4n) is 1.96. The van der Waals surface area contributed by atoms with Gasteiger partial charge >= 0.3 is 5.97 Å². The summed E-state index contributed by atoms with van der Waals surface area (Å²) >= 11 is 0. The van der Waals surface area contributed by atoms with Gasteiger partial charge in [-0.15, -0.1) is 0 Å². The van der Waals surface area contributed by atoms with Crippen molar-refractivity contribution in [1.29, 1.82) is 0 Å². The van der Waals surface area contributed by atoms with Gasteiger partial charge in [-0.05, 0) is 37.3 Å². The average Bonchev–Trinajstić information content (AvgIpc) is 3.17. The molecular weight excluding hydrogens is 242 g/mol. The number of hydrogen-bond donors (Lipinski definition) is 2. The van der Waals surface area contributed by atoms with E-state index in [1.165, 1.54) is 6.08 Å². The molecule has 0 aliphatic heterocycles. The first-order valence-corrected chi connectivity index (χ1v) is 6.34. The molecule has 1 aliphatic carbocycles. The predicted molar refractivity (Wildman–Crippen MR) is 72.5 cm³/mol. The van der Waals surface area contributed by atoms with Crippen molar-refractivity contribution in [2.24, 2.45) is 5.92 Å². The van der Waals surface area contributed by atoms with E-state index in [1.807, 2.05) is 31.2 Å². The van der Waals surface area contributed by atoms with Gasteiger partial charge in [0.2, 0.25) is 5.91 Å². The smallest absolute Gasteiger partial charge is 0.326 e. The highest BCUT2D eigenvalue weighted by molar-refractivity contribution is 5.94. The molecule has 0 bridgehead atoms. The van der Waals surface area contributed by atoms with Crippen molar-refractivity contribution in [2.45, 2.75) is 25.8 Å². The van der Waals surface area contributed by atoms with Gasteiger partial charge in [0, 0.05) is 6.08 Å². The summed E-state index contributed by atoms with van der Waals surface area (Å²) in [4.78, 5) is 22.7. The summed E-state index contributed by atoms with van der Waals surface area (Å²) in [5.41, 5.74) is 2.04. The minimum Gasteiger partial charge on any atom is -0.480 e. The molecule has 0 spiro atoms. The molecule has 1 aliphatic rings. The third kappa shape index (κ3) is 3.95. The van der Waals surface area contributed by atoms with Crippen LogP contribution in [0.4, 0.5) is 0 Å². The van der Waals surface area contributed by atoms with E-state index >= 15 is 0 Å². The normalized spacial score (nSPS) is 16.3. The van der Waals surface area contributed by atoms with Crippen LogP contribution >= 0.6 is 0 Å². The first kappa shape index (κ1) is 13.3. The molecule has 4 heteroatoms. The summed E-state index contributed by atoms with van der Waals surface area (Å²) in [6.07, 6.45) is 4.82. The molecule has 2 rings (SSSR count). The van der Waals surface area contributed by atoms with Gasteiger partial charge in [-0.2, -0.15) is 0 Å². The van der Waals surface area contributed by atoms with Gasteiger partial charge < -0.3 is 10.4 Å². The number of aryl methyl sites for hydroxylation is 1. The van der Waals surface area contributed by atoms with Gasteiger partial charge in [0.15, 0.2) is 0 Å². The first-order chi connectivity index (χ1) is 9.06. The minimum atomic E-state index is -0.959. The number of carbonyl (C=O) groups is 2. The Morgan fingerprint density at radius 1 is 1.42 bits per heavy atom. The second kappa shape index (κ2) is 5.69. The summed E-state index contributed by atoms with van der Waals surface area (Å²) in [6, 6.07) is 6.99. The third-order valence-corrected chi connectivity index (χ3v) is 3.13. The summed E-state index contributed by atoms with van der Waals surface area (Å²) in [5, 5.41) is 11.6. The molecule has 4 nitrogen and oxygen atoms in total. The number of hydrogen-bond acceptors (Lipinski definition) is 2. The van der Waals surface area contributed by atoms with Crippen LogP contribution in [0, 0.1) is 12.8 Å². The van der Waals surface area contributed by atoms with Gasteiger partial charge in [0.1, 0.15) is 6.04 Å². The molecule has 0 radical (unpaired) electrons. The van der Waals surface area contributed by atoms with Crippen molar-refractivity contribution in [3.05, 3.63) is 41.5 Å². The third-order valence-electron chi connectivity index (χ3n) is 3.13. The molecule has 1 atom stereocenters. The zero-order valence-electron chi connectivity index (χ0n) is 10.8. The highest BCUT2D eigenvalue weighted by Gasteiger charge is 2.36. The number of nitrogens with one attached hydrogen (secondary N) is 1. The molecule has 1 aromatic rings. The number of rotatable bonds is 5. The zero-order chi connectivity index (χ0) is 13.8. The van der Waals surface area contributed by atoms with E-state index in [-0.39, 0.29) is 11.8 Å². The summed E-state index contributed by atoms with van der Waals surface area (Å²) in [5.74, 6) is -1.23. The van der Waals surface area contributed by atoms with Crippen LogP contribution in [0.15, 0.2) is 30.3 Å². The fraction of sp³-hybridized carbons (Fsp3) is 0.333. The Hall–Kier alpha value is -2.10. The van der Waals surface area contributed by atoms with Crippen LogP contribution in [0.2, 0.25) is 0 Å². The van der Waals surface area contributed by atoms with E-state index in [9.17, 15) is 9.59 Å². The van der Waals surface area contributed by atoms with Crippen molar-refractivity contribution in [3.8, 4) is 0 Å². The fourth-order valence-corrected chi connectivity index (χ4v) is 1.96. The number of benzene rings is 1. The average molecular weight is 259 g/mol. The lowest BCUT2D eigenvalue weighted by atomic mass is 10.1. The number of carboxylic acid groups (broad SMARTS) is 1. The van der Waals surface area contributed by atoms with E-state index in [0.29, 0.717) is 0 Å². The summed E-state index contributed by atoms with van der Waals surface area (Å²) in [6.45, 7) is 1.98. The van der Waals surface area contributed by atoms with E-state index in [1.54, 1.807) is 6.08 Å². The number of carbonyl (C=O) groups excluding carboxylic acids is 1. The van der Waals surface area contributed by atoms with E-state index in [0.717, 1.165) is 24.0 Å². The molecule has 1 aromatic carbocycles. The van der Waals surface area contributed by atoms with Crippen molar-refractivity contribution in [2.75, 3.05) is 0 Å². The maximum atomic E-state index is 11.7. The molecule has 0 heterocycles. The van der Waals surface area contributed by atoms with Crippen LogP contribution in [0.3, 0.4) is 0 Å². The van der Waals surface area contributed by atoms with Crippen LogP contribution in [0.25, 0.3) is 6.08 Å². The van der Waals surface area contributed by atoms with Crippen LogP contribution in [-0.4, -0.2) is 23.0 Å². The molecule has 1 saturated carbocycles. The Bertz CT molecular complexity index is 518. The summed E-state index contributed by atoms with van der Waals surface area (Å²) in [7, 11) is 0. The lowest BCUT2D eigenvalue weighted by Crippen LogP contribution is -2.41. The molecule has 100 valence electrons. The van der Waals surface area contributed by atoms with E-state index in [4.69, 9.17) is 5.11 Å². The van der Waals surface area contributed by atoms with Crippen LogP contribution in [0.5, 0.6) is 0 Å². The number of carboxylic acids is 1. The van der Waals surface area contributed by atoms with Crippen molar-refractivity contribution in [3.63, 3.8) is 0 Å². The van der Waals surface area contributed by atoms with Crippen molar-refractivity contribution in [1.82, 2.24) is 5.32 Å². The quantitative estimate of drug-likeness (QED) is 0.795. The zero-order valence-corrected chi connectivity index (χ0v) is 10.8. The number of aliphatic carboxylic acids is 1. The van der Waals surface area contributed by atoms with Gasteiger partial charge in [-0.3, -0.25) is 4.79 Å². The van der Waals surface area contributed by atoms with Gasteiger partial charge in [0.05, 0.1) is 0 Å². The first-order valence-electron chi connectivity index (χ1n) is 6.34. The molecule has 0 saturated heterocycles. The molecule has 19 heavy (non-hydrogen) atoms. The molecule has 1 unspecified atom stereocenters. The standard InChI is InChI=1S/C15H17NO3/c1-10-3-2-4-11(9-10)5-8-13(17)16-14(15(18)19)12-6-7-12/h2-5,8-9,12,14H,6-7H2,1H3,(H,16,17)(H,18,19)/b8-5+. The largest absolute Gasteiger partial charge is 0.480 e. The Kier molecular flexibility index (Phi) is 4.00. The topological polar surface area (TPSA) is 66.4 Å². The van der Waals surface area contributed by atoms with Gasteiger partial charge in [-0.1, -0.05) is 29.8 Å². The second-order valence-electron chi connectivity index (χ2n) is 4.91. The maximum absolute atomic E-state index is 11.7. The van der Waals surface area contributed by atoms with Gasteiger partial charge in [-0.25, -0.2) is 4.79 Å². The predicted octanol–water partition coefficient (Wildman–Crippen LogP) is 1.99. The van der Waals surface area contributed by atoms with Crippen LogP contribution in [0.1, 0.15) is 24.0 Å². The highest BCUT2D eigenvalue weighted by atomic mass is 16.4. The summed E-state index contributed by atoms with van der Waals surface area (Å²) < 4.78 is 0. The van der Waals surface area contributed by atoms with Crippen LogP contribution < -0.4 is 5.32 Å². The monoisotopic (exact) mass is 259 g/mol. The Morgan fingerprint density at radius 3 is 2.74 bits per heavy atom.